The van der Waals surface area contributed by atoms with Crippen LogP contribution in [0.3, 0.4) is 0 Å². The first-order valence-electron chi connectivity index (χ1n) is 8.71. The number of rotatable bonds is 2. The molecule has 0 unspecified atom stereocenters. The van der Waals surface area contributed by atoms with E-state index < -0.39 is 5.97 Å². The lowest BCUT2D eigenvalue weighted by Gasteiger charge is -2.16. The van der Waals surface area contributed by atoms with Crippen LogP contribution in [0, 0.1) is 0 Å². The standard InChI is InChI=1S/C21H15NO6/c1-26-12-3-5-16-14(9-12)15(19-21(25)27-7-6-22(16)19)10-18-20(24)13-4-2-11(23)8-17(13)28-18/h2-5,8-10,23H,6-7H2,1H3. The Balaban J connectivity index is 1.73. The molecule has 3 heterocycles. The van der Waals surface area contributed by atoms with Gasteiger partial charge in [-0.25, -0.2) is 4.79 Å². The van der Waals surface area contributed by atoms with Crippen molar-refractivity contribution in [2.75, 3.05) is 13.7 Å². The Labute approximate surface area is 159 Å². The van der Waals surface area contributed by atoms with E-state index in [1.54, 1.807) is 13.2 Å². The smallest absolute Gasteiger partial charge is 0.355 e. The van der Waals surface area contributed by atoms with E-state index in [9.17, 15) is 14.7 Å². The van der Waals surface area contributed by atoms with Crippen molar-refractivity contribution in [3.05, 3.63) is 59.0 Å². The molecule has 0 fully saturated rings. The Morgan fingerprint density at radius 1 is 1.18 bits per heavy atom. The molecule has 2 aliphatic heterocycles. The van der Waals surface area contributed by atoms with Gasteiger partial charge in [0.15, 0.2) is 5.76 Å². The molecule has 1 aromatic heterocycles. The molecule has 0 radical (unpaired) electrons. The molecule has 0 saturated carbocycles. The van der Waals surface area contributed by atoms with E-state index in [2.05, 4.69) is 0 Å². The fraction of sp³-hybridized carbons (Fsp3) is 0.143. The van der Waals surface area contributed by atoms with Gasteiger partial charge in [-0.05, 0) is 36.4 Å². The first-order chi connectivity index (χ1) is 13.6. The summed E-state index contributed by atoms with van der Waals surface area (Å²) in [6.45, 7) is 0.813. The summed E-state index contributed by atoms with van der Waals surface area (Å²) in [6.07, 6.45) is 1.56. The number of carbonyl (C=O) groups excluding carboxylic acids is 2. The Bertz CT molecular complexity index is 1200. The summed E-state index contributed by atoms with van der Waals surface area (Å²) in [7, 11) is 1.57. The second kappa shape index (κ2) is 5.88. The van der Waals surface area contributed by atoms with E-state index in [1.165, 1.54) is 18.2 Å². The van der Waals surface area contributed by atoms with Crippen LogP contribution >= 0.6 is 0 Å². The summed E-state index contributed by atoms with van der Waals surface area (Å²) in [4.78, 5) is 25.2. The van der Waals surface area contributed by atoms with Crippen molar-refractivity contribution in [3.8, 4) is 17.2 Å². The van der Waals surface area contributed by atoms with Gasteiger partial charge in [0, 0.05) is 22.5 Å². The number of ether oxygens (including phenoxy) is 3. The number of aromatic nitrogens is 1. The highest BCUT2D eigenvalue weighted by Gasteiger charge is 2.31. The van der Waals surface area contributed by atoms with Gasteiger partial charge in [0.05, 0.1) is 19.2 Å². The van der Waals surface area contributed by atoms with Crippen molar-refractivity contribution in [3.63, 3.8) is 0 Å². The van der Waals surface area contributed by atoms with Crippen molar-refractivity contribution in [2.24, 2.45) is 0 Å². The number of benzene rings is 2. The molecule has 5 rings (SSSR count). The van der Waals surface area contributed by atoms with Crippen molar-refractivity contribution < 1.29 is 28.9 Å². The average molecular weight is 377 g/mol. The number of ketones is 1. The number of cyclic esters (lactones) is 1. The van der Waals surface area contributed by atoms with E-state index in [-0.39, 0.29) is 29.6 Å². The molecular formula is C21H15NO6. The third-order valence-corrected chi connectivity index (χ3v) is 4.98. The maximum absolute atomic E-state index is 12.7. The molecule has 7 nitrogen and oxygen atoms in total. The molecule has 7 heteroatoms. The van der Waals surface area contributed by atoms with Gasteiger partial charge in [-0.1, -0.05) is 0 Å². The van der Waals surface area contributed by atoms with Crippen LogP contribution in [0.15, 0.2) is 42.2 Å². The second-order valence-corrected chi connectivity index (χ2v) is 6.55. The van der Waals surface area contributed by atoms with Gasteiger partial charge in [-0.3, -0.25) is 4.79 Å². The van der Waals surface area contributed by atoms with E-state index in [0.717, 1.165) is 10.9 Å². The minimum atomic E-state index is -0.450. The Morgan fingerprint density at radius 3 is 2.86 bits per heavy atom. The van der Waals surface area contributed by atoms with Crippen LogP contribution in [0.25, 0.3) is 17.0 Å². The van der Waals surface area contributed by atoms with Crippen LogP contribution in [0.5, 0.6) is 17.2 Å². The zero-order valence-electron chi connectivity index (χ0n) is 14.9. The number of hydrogen-bond acceptors (Lipinski definition) is 6. The van der Waals surface area contributed by atoms with Crippen molar-refractivity contribution >= 4 is 28.7 Å². The predicted octanol–water partition coefficient (Wildman–Crippen LogP) is 3.14. The second-order valence-electron chi connectivity index (χ2n) is 6.55. The summed E-state index contributed by atoms with van der Waals surface area (Å²) in [6, 6.07) is 9.85. The predicted molar refractivity (Wildman–Crippen MR) is 99.8 cm³/mol. The minimum Gasteiger partial charge on any atom is -0.508 e. The monoisotopic (exact) mass is 377 g/mol. The van der Waals surface area contributed by atoms with Crippen LogP contribution in [-0.2, 0) is 11.3 Å². The maximum atomic E-state index is 12.7. The summed E-state index contributed by atoms with van der Waals surface area (Å²) in [5.41, 5.74) is 2.12. The summed E-state index contributed by atoms with van der Waals surface area (Å²) < 4.78 is 18.1. The molecular weight excluding hydrogens is 362 g/mol. The van der Waals surface area contributed by atoms with Crippen LogP contribution in [0.2, 0.25) is 0 Å². The molecule has 0 amide bonds. The summed E-state index contributed by atoms with van der Waals surface area (Å²) in [5.74, 6) is 0.248. The zero-order valence-corrected chi connectivity index (χ0v) is 14.9. The van der Waals surface area contributed by atoms with Crippen molar-refractivity contribution in [1.29, 1.82) is 0 Å². The zero-order chi connectivity index (χ0) is 19.4. The van der Waals surface area contributed by atoms with Gasteiger partial charge in [0.25, 0.3) is 0 Å². The first-order valence-corrected chi connectivity index (χ1v) is 8.71. The number of Topliss-reactive ketones (excluding diaryl/α,β-unsaturated/α-hetero) is 1. The van der Waals surface area contributed by atoms with E-state index in [1.807, 2.05) is 22.8 Å². The number of nitrogens with zero attached hydrogens (tertiary/aromatic N) is 1. The highest BCUT2D eigenvalue weighted by Crippen LogP contribution is 2.37. The van der Waals surface area contributed by atoms with Gasteiger partial charge in [0.2, 0.25) is 5.78 Å². The van der Waals surface area contributed by atoms with E-state index in [0.29, 0.717) is 29.1 Å². The molecule has 0 aliphatic carbocycles. The Kier molecular flexibility index (Phi) is 3.45. The number of aromatic hydroxyl groups is 1. The maximum Gasteiger partial charge on any atom is 0.355 e. The fourth-order valence-corrected chi connectivity index (χ4v) is 3.69. The number of phenolic OH excluding ortho intramolecular Hbond substituents is 1. The van der Waals surface area contributed by atoms with Gasteiger partial charge in [-0.2, -0.15) is 0 Å². The van der Waals surface area contributed by atoms with Crippen LogP contribution in [-0.4, -0.2) is 35.1 Å². The lowest BCUT2D eigenvalue weighted by molar-refractivity contribution is 0.0425. The normalized spacial score (nSPS) is 16.7. The number of fused-ring (bicyclic) bond motifs is 4. The molecule has 140 valence electrons. The van der Waals surface area contributed by atoms with Crippen LogP contribution in [0.4, 0.5) is 0 Å². The first kappa shape index (κ1) is 16.4. The SMILES string of the molecule is COc1ccc2c(c1)c(C=C1Oc3cc(O)ccc3C1=O)c1n2CCOC1=O. The highest BCUT2D eigenvalue weighted by atomic mass is 16.5. The minimum absolute atomic E-state index is 0.00723. The quantitative estimate of drug-likeness (QED) is 0.545. The third kappa shape index (κ3) is 2.29. The average Bonchev–Trinajstić information content (AvgIpc) is 3.17. The molecule has 2 aromatic carbocycles. The Morgan fingerprint density at radius 2 is 2.04 bits per heavy atom. The van der Waals surface area contributed by atoms with Gasteiger partial charge >= 0.3 is 5.97 Å². The van der Waals surface area contributed by atoms with Crippen molar-refractivity contribution in [1.82, 2.24) is 4.57 Å². The van der Waals surface area contributed by atoms with Gasteiger partial charge < -0.3 is 23.9 Å². The van der Waals surface area contributed by atoms with Gasteiger partial charge in [0.1, 0.15) is 29.5 Å². The molecule has 0 spiro atoms. The lowest BCUT2D eigenvalue weighted by Crippen LogP contribution is -2.23. The number of phenols is 1. The molecule has 3 aromatic rings. The number of hydrogen-bond donors (Lipinski definition) is 1. The van der Waals surface area contributed by atoms with E-state index >= 15 is 0 Å². The number of methoxy groups -OCH3 is 1. The fourth-order valence-electron chi connectivity index (χ4n) is 3.69. The molecule has 0 saturated heterocycles. The number of esters is 1. The van der Waals surface area contributed by atoms with Crippen LogP contribution < -0.4 is 9.47 Å². The lowest BCUT2D eigenvalue weighted by atomic mass is 10.1. The number of allylic oxidation sites excluding steroid dienone is 1. The van der Waals surface area contributed by atoms with Crippen LogP contribution in [0.1, 0.15) is 26.4 Å². The van der Waals surface area contributed by atoms with E-state index in [4.69, 9.17) is 14.2 Å². The van der Waals surface area contributed by atoms with Gasteiger partial charge in [-0.15, -0.1) is 0 Å². The molecule has 0 atom stereocenters. The molecule has 1 N–H and O–H groups in total. The summed E-state index contributed by atoms with van der Waals surface area (Å²) >= 11 is 0. The molecule has 0 bridgehead atoms. The van der Waals surface area contributed by atoms with Crippen molar-refractivity contribution in [2.45, 2.75) is 6.54 Å². The topological polar surface area (TPSA) is 87.0 Å². The largest absolute Gasteiger partial charge is 0.508 e. The highest BCUT2D eigenvalue weighted by molar-refractivity contribution is 6.16. The number of carbonyl (C=O) groups is 2. The third-order valence-electron chi connectivity index (χ3n) is 4.98. The summed E-state index contributed by atoms with van der Waals surface area (Å²) in [5, 5.41) is 10.4. The Hall–Kier alpha value is -3.74. The molecule has 28 heavy (non-hydrogen) atoms. The molecule has 2 aliphatic rings.